The lowest BCUT2D eigenvalue weighted by Gasteiger charge is -2.21. The first kappa shape index (κ1) is 13.0. The van der Waals surface area contributed by atoms with E-state index in [1.165, 1.54) is 25.7 Å². The number of halogens is 1. The molecule has 3 rings (SSSR count). The molecule has 0 aliphatic heterocycles. The summed E-state index contributed by atoms with van der Waals surface area (Å²) in [5, 5.41) is 3.68. The van der Waals surface area contributed by atoms with E-state index < -0.39 is 0 Å². The van der Waals surface area contributed by atoms with Gasteiger partial charge in [0.25, 0.3) is 0 Å². The van der Waals surface area contributed by atoms with Crippen molar-refractivity contribution in [3.63, 3.8) is 0 Å². The molecule has 2 aliphatic carbocycles. The van der Waals surface area contributed by atoms with Crippen LogP contribution < -0.4 is 5.32 Å². The highest BCUT2D eigenvalue weighted by Gasteiger charge is 2.40. The maximum absolute atomic E-state index is 12.2. The molecule has 0 spiro atoms. The molecule has 2 saturated carbocycles. The Balaban J connectivity index is 1.61. The third-order valence-corrected chi connectivity index (χ3v) is 5.04. The van der Waals surface area contributed by atoms with Gasteiger partial charge in [-0.25, -0.2) is 0 Å². The number of nitrogens with one attached hydrogen (secondary N) is 1. The first-order chi connectivity index (χ1) is 9.11. The van der Waals surface area contributed by atoms with Gasteiger partial charge in [0.15, 0.2) is 0 Å². The van der Waals surface area contributed by atoms with Crippen molar-refractivity contribution in [3.8, 4) is 0 Å². The minimum atomic E-state index is 0.142. The molecular weight excluding hydrogens is 258 g/mol. The average Bonchev–Trinajstić information content (AvgIpc) is 2.96. The van der Waals surface area contributed by atoms with E-state index in [-0.39, 0.29) is 5.91 Å². The molecule has 0 radical (unpaired) electrons. The van der Waals surface area contributed by atoms with Gasteiger partial charge in [-0.05, 0) is 61.6 Å². The maximum atomic E-state index is 12.2. The van der Waals surface area contributed by atoms with Gasteiger partial charge < -0.3 is 5.32 Å². The average molecular weight is 278 g/mol. The molecule has 1 N–H and O–H groups in total. The van der Waals surface area contributed by atoms with Crippen molar-refractivity contribution >= 4 is 23.2 Å². The van der Waals surface area contributed by atoms with Crippen LogP contribution in [0.2, 0.25) is 5.02 Å². The van der Waals surface area contributed by atoms with Crippen LogP contribution in [0.15, 0.2) is 18.2 Å². The lowest BCUT2D eigenvalue weighted by Crippen LogP contribution is -2.20. The third kappa shape index (κ3) is 2.79. The molecule has 2 bridgehead atoms. The molecule has 2 fully saturated rings. The molecule has 102 valence electrons. The summed E-state index contributed by atoms with van der Waals surface area (Å²) in [5.74, 6) is 2.45. The number of rotatable bonds is 3. The van der Waals surface area contributed by atoms with Gasteiger partial charge in [-0.1, -0.05) is 24.1 Å². The van der Waals surface area contributed by atoms with Gasteiger partial charge in [0, 0.05) is 17.1 Å². The highest BCUT2D eigenvalue weighted by molar-refractivity contribution is 6.31. The van der Waals surface area contributed by atoms with Crippen molar-refractivity contribution in [3.05, 3.63) is 28.8 Å². The van der Waals surface area contributed by atoms with E-state index in [1.807, 2.05) is 25.1 Å². The Bertz CT molecular complexity index is 500. The molecule has 1 amide bonds. The molecule has 2 aliphatic rings. The topological polar surface area (TPSA) is 29.1 Å². The van der Waals surface area contributed by atoms with Gasteiger partial charge in [-0.3, -0.25) is 4.79 Å². The van der Waals surface area contributed by atoms with Crippen molar-refractivity contribution in [2.75, 3.05) is 5.32 Å². The van der Waals surface area contributed by atoms with Gasteiger partial charge in [-0.2, -0.15) is 0 Å². The van der Waals surface area contributed by atoms with E-state index in [0.717, 1.165) is 23.1 Å². The van der Waals surface area contributed by atoms with Crippen molar-refractivity contribution in [1.82, 2.24) is 0 Å². The molecule has 0 unspecified atom stereocenters. The summed E-state index contributed by atoms with van der Waals surface area (Å²) in [4.78, 5) is 12.2. The number of amides is 1. The fourth-order valence-corrected chi connectivity index (χ4v) is 3.97. The number of carbonyl (C=O) groups excluding carboxylic acids is 1. The van der Waals surface area contributed by atoms with Crippen LogP contribution in [0.25, 0.3) is 0 Å². The quantitative estimate of drug-likeness (QED) is 0.871. The van der Waals surface area contributed by atoms with Crippen LogP contribution in [0.1, 0.15) is 37.7 Å². The standard InChI is InChI=1S/C16H20ClNO/c1-10-2-5-14(17)9-15(10)18-16(19)8-13-7-11-3-4-12(13)6-11/h2,5,9,11-13H,3-4,6-8H2,1H3,(H,18,19)/t11-,12-,13+/m1/s1. The summed E-state index contributed by atoms with van der Waals surface area (Å²) >= 11 is 5.97. The molecule has 2 nitrogen and oxygen atoms in total. The van der Waals surface area contributed by atoms with Crippen LogP contribution in [0, 0.1) is 24.7 Å². The van der Waals surface area contributed by atoms with Crippen molar-refractivity contribution in [1.29, 1.82) is 0 Å². The van der Waals surface area contributed by atoms with Gasteiger partial charge in [0.1, 0.15) is 0 Å². The Kier molecular flexibility index (Phi) is 3.53. The highest BCUT2D eigenvalue weighted by Crippen LogP contribution is 2.49. The molecule has 0 aromatic heterocycles. The van der Waals surface area contributed by atoms with E-state index in [1.54, 1.807) is 0 Å². The lowest BCUT2D eigenvalue weighted by molar-refractivity contribution is -0.117. The Labute approximate surface area is 119 Å². The van der Waals surface area contributed by atoms with Crippen LogP contribution in [-0.4, -0.2) is 5.91 Å². The molecule has 3 atom stereocenters. The molecule has 1 aromatic carbocycles. The molecule has 1 aromatic rings. The van der Waals surface area contributed by atoms with Crippen LogP contribution in [0.4, 0.5) is 5.69 Å². The predicted octanol–water partition coefficient (Wildman–Crippen LogP) is 4.41. The van der Waals surface area contributed by atoms with Gasteiger partial charge >= 0.3 is 0 Å². The number of hydrogen-bond acceptors (Lipinski definition) is 1. The number of carbonyl (C=O) groups is 1. The minimum Gasteiger partial charge on any atom is -0.326 e. The van der Waals surface area contributed by atoms with E-state index in [0.29, 0.717) is 17.4 Å². The number of fused-ring (bicyclic) bond motifs is 2. The summed E-state index contributed by atoms with van der Waals surface area (Å²) in [7, 11) is 0. The van der Waals surface area contributed by atoms with Gasteiger partial charge in [-0.15, -0.1) is 0 Å². The number of hydrogen-bond donors (Lipinski definition) is 1. The van der Waals surface area contributed by atoms with Crippen LogP contribution in [0.3, 0.4) is 0 Å². The fraction of sp³-hybridized carbons (Fsp3) is 0.562. The second kappa shape index (κ2) is 5.16. The number of anilines is 1. The Morgan fingerprint density at radius 1 is 1.37 bits per heavy atom. The number of benzene rings is 1. The zero-order chi connectivity index (χ0) is 13.4. The zero-order valence-corrected chi connectivity index (χ0v) is 12.0. The summed E-state index contributed by atoms with van der Waals surface area (Å²) < 4.78 is 0. The first-order valence-corrected chi connectivity index (χ1v) is 7.55. The SMILES string of the molecule is Cc1ccc(Cl)cc1NC(=O)C[C@@H]1C[C@@H]2CC[C@@H]1C2. The van der Waals surface area contributed by atoms with Gasteiger partial charge in [0.05, 0.1) is 0 Å². The first-order valence-electron chi connectivity index (χ1n) is 7.18. The third-order valence-electron chi connectivity index (χ3n) is 4.81. The van der Waals surface area contributed by atoms with E-state index in [9.17, 15) is 4.79 Å². The monoisotopic (exact) mass is 277 g/mol. The molecular formula is C16H20ClNO. The summed E-state index contributed by atoms with van der Waals surface area (Å²) in [6.07, 6.45) is 6.00. The fourth-order valence-electron chi connectivity index (χ4n) is 3.79. The van der Waals surface area contributed by atoms with Crippen molar-refractivity contribution < 1.29 is 4.79 Å². The smallest absolute Gasteiger partial charge is 0.224 e. The van der Waals surface area contributed by atoms with Gasteiger partial charge in [0.2, 0.25) is 5.91 Å². The molecule has 19 heavy (non-hydrogen) atoms. The molecule has 0 saturated heterocycles. The largest absolute Gasteiger partial charge is 0.326 e. The molecule has 0 heterocycles. The number of aryl methyl sites for hydroxylation is 1. The summed E-state index contributed by atoms with van der Waals surface area (Å²) in [6.45, 7) is 1.99. The van der Waals surface area contributed by atoms with Crippen molar-refractivity contribution in [2.45, 2.75) is 39.0 Å². The van der Waals surface area contributed by atoms with Crippen LogP contribution in [0.5, 0.6) is 0 Å². The highest BCUT2D eigenvalue weighted by atomic mass is 35.5. The predicted molar refractivity (Wildman–Crippen MR) is 78.4 cm³/mol. The van der Waals surface area contributed by atoms with Crippen LogP contribution in [-0.2, 0) is 4.79 Å². The Hall–Kier alpha value is -1.02. The van der Waals surface area contributed by atoms with E-state index >= 15 is 0 Å². The lowest BCUT2D eigenvalue weighted by atomic mass is 9.86. The van der Waals surface area contributed by atoms with Crippen LogP contribution >= 0.6 is 11.6 Å². The summed E-state index contributed by atoms with van der Waals surface area (Å²) in [6, 6.07) is 5.62. The zero-order valence-electron chi connectivity index (χ0n) is 11.3. The minimum absolute atomic E-state index is 0.142. The second-order valence-corrected chi connectivity index (χ2v) is 6.58. The van der Waals surface area contributed by atoms with E-state index in [4.69, 9.17) is 11.6 Å². The Morgan fingerprint density at radius 3 is 2.89 bits per heavy atom. The molecule has 3 heteroatoms. The second-order valence-electron chi connectivity index (χ2n) is 6.15. The van der Waals surface area contributed by atoms with E-state index in [2.05, 4.69) is 5.32 Å². The Morgan fingerprint density at radius 2 is 2.21 bits per heavy atom. The van der Waals surface area contributed by atoms with Crippen molar-refractivity contribution in [2.24, 2.45) is 17.8 Å². The summed E-state index contributed by atoms with van der Waals surface area (Å²) in [5.41, 5.74) is 1.91. The maximum Gasteiger partial charge on any atom is 0.224 e. The normalized spacial score (nSPS) is 28.6.